The second-order valence-electron chi connectivity index (χ2n) is 5.03. The molecule has 0 aliphatic heterocycles. The van der Waals surface area contributed by atoms with Crippen molar-refractivity contribution < 1.29 is 4.42 Å². The lowest BCUT2D eigenvalue weighted by Crippen LogP contribution is -2.27. The lowest BCUT2D eigenvalue weighted by molar-refractivity contribution is 0.453. The summed E-state index contributed by atoms with van der Waals surface area (Å²) in [6.07, 6.45) is 0.974. The summed E-state index contributed by atoms with van der Waals surface area (Å²) >= 11 is 1.93. The molecule has 3 atom stereocenters. The van der Waals surface area contributed by atoms with Crippen LogP contribution in [0.15, 0.2) is 16.5 Å². The first kappa shape index (κ1) is 14.7. The number of aryl methyl sites for hydroxylation is 1. The number of rotatable bonds is 6. The van der Waals surface area contributed by atoms with Crippen molar-refractivity contribution in [3.05, 3.63) is 23.7 Å². The van der Waals surface area contributed by atoms with Crippen molar-refractivity contribution in [3.63, 3.8) is 0 Å². The third kappa shape index (κ3) is 4.07. The van der Waals surface area contributed by atoms with Gasteiger partial charge in [-0.3, -0.25) is 0 Å². The predicted molar refractivity (Wildman–Crippen MR) is 76.3 cm³/mol. The van der Waals surface area contributed by atoms with Gasteiger partial charge < -0.3 is 10.2 Å². The predicted octanol–water partition coefficient (Wildman–Crippen LogP) is 4.14. The molecule has 3 unspecified atom stereocenters. The fourth-order valence-electron chi connectivity index (χ4n) is 1.59. The smallest absolute Gasteiger partial charge is 0.118 e. The second kappa shape index (κ2) is 6.50. The van der Waals surface area contributed by atoms with Gasteiger partial charge in [-0.05, 0) is 31.4 Å². The minimum absolute atomic E-state index is 0.159. The molecule has 0 bridgehead atoms. The number of furan rings is 1. The van der Waals surface area contributed by atoms with Crippen LogP contribution in [0, 0.1) is 12.8 Å². The van der Waals surface area contributed by atoms with Crippen LogP contribution in [0.1, 0.15) is 50.9 Å². The molecule has 0 saturated carbocycles. The summed E-state index contributed by atoms with van der Waals surface area (Å²) in [5.41, 5.74) is 6.23. The molecule has 0 radical (unpaired) electrons. The van der Waals surface area contributed by atoms with E-state index in [-0.39, 0.29) is 11.3 Å². The molecule has 2 N–H and O–H groups in total. The maximum absolute atomic E-state index is 6.23. The van der Waals surface area contributed by atoms with Crippen LogP contribution in [0.25, 0.3) is 0 Å². The fourth-order valence-corrected chi connectivity index (χ4v) is 3.02. The van der Waals surface area contributed by atoms with Crippen molar-refractivity contribution in [1.82, 2.24) is 0 Å². The second-order valence-corrected chi connectivity index (χ2v) is 6.55. The maximum atomic E-state index is 6.23. The molecule has 1 aromatic heterocycles. The molecule has 1 aromatic rings. The van der Waals surface area contributed by atoms with Gasteiger partial charge in [0.2, 0.25) is 0 Å². The summed E-state index contributed by atoms with van der Waals surface area (Å²) in [6, 6.07) is 4.24. The highest BCUT2D eigenvalue weighted by Crippen LogP contribution is 2.38. The van der Waals surface area contributed by atoms with E-state index in [0.29, 0.717) is 11.2 Å². The van der Waals surface area contributed by atoms with Crippen molar-refractivity contribution in [2.24, 2.45) is 11.7 Å². The standard InChI is InChI=1S/C14H25NOS/c1-6-12(15)14(17-11(5)9(2)3)13-8-7-10(4)16-13/h7-9,11-12,14H,6,15H2,1-5H3. The molecule has 0 aliphatic rings. The Hall–Kier alpha value is -0.410. The normalized spacial score (nSPS) is 17.1. The van der Waals surface area contributed by atoms with Gasteiger partial charge in [0.25, 0.3) is 0 Å². The average molecular weight is 255 g/mol. The van der Waals surface area contributed by atoms with E-state index in [9.17, 15) is 0 Å². The fraction of sp³-hybridized carbons (Fsp3) is 0.714. The zero-order valence-corrected chi connectivity index (χ0v) is 12.4. The van der Waals surface area contributed by atoms with Gasteiger partial charge in [-0.25, -0.2) is 0 Å². The van der Waals surface area contributed by atoms with Gasteiger partial charge in [-0.15, -0.1) is 11.8 Å². The first-order valence-corrected chi connectivity index (χ1v) is 7.37. The van der Waals surface area contributed by atoms with Crippen LogP contribution in [-0.2, 0) is 0 Å². The van der Waals surface area contributed by atoms with Crippen LogP contribution in [-0.4, -0.2) is 11.3 Å². The zero-order valence-electron chi connectivity index (χ0n) is 11.6. The van der Waals surface area contributed by atoms with Gasteiger partial charge in [0.15, 0.2) is 0 Å². The van der Waals surface area contributed by atoms with E-state index in [1.807, 2.05) is 24.8 Å². The molecule has 0 amide bonds. The summed E-state index contributed by atoms with van der Waals surface area (Å²) in [7, 11) is 0. The molecule has 17 heavy (non-hydrogen) atoms. The number of nitrogens with two attached hydrogens (primary N) is 1. The molecule has 0 aliphatic carbocycles. The Morgan fingerprint density at radius 2 is 1.94 bits per heavy atom. The summed E-state index contributed by atoms with van der Waals surface area (Å²) in [4.78, 5) is 0. The van der Waals surface area contributed by atoms with Crippen molar-refractivity contribution in [2.75, 3.05) is 0 Å². The minimum atomic E-state index is 0.159. The van der Waals surface area contributed by atoms with Gasteiger partial charge in [0, 0.05) is 11.3 Å². The molecule has 0 spiro atoms. The van der Waals surface area contributed by atoms with Crippen LogP contribution in [0.2, 0.25) is 0 Å². The highest BCUT2D eigenvalue weighted by atomic mass is 32.2. The van der Waals surface area contributed by atoms with E-state index >= 15 is 0 Å². The monoisotopic (exact) mass is 255 g/mol. The van der Waals surface area contributed by atoms with E-state index in [2.05, 4.69) is 33.8 Å². The van der Waals surface area contributed by atoms with E-state index in [1.165, 1.54) is 0 Å². The SMILES string of the molecule is CCC(N)C(SC(C)C(C)C)c1ccc(C)o1. The van der Waals surface area contributed by atoms with Crippen LogP contribution in [0.3, 0.4) is 0 Å². The summed E-state index contributed by atoms with van der Waals surface area (Å²) in [5, 5.41) is 0.856. The largest absolute Gasteiger partial charge is 0.465 e. The molecule has 2 nitrogen and oxygen atoms in total. The minimum Gasteiger partial charge on any atom is -0.465 e. The van der Waals surface area contributed by atoms with E-state index in [0.717, 1.165) is 17.9 Å². The van der Waals surface area contributed by atoms with Gasteiger partial charge in [-0.1, -0.05) is 27.7 Å². The van der Waals surface area contributed by atoms with Crippen molar-refractivity contribution >= 4 is 11.8 Å². The summed E-state index contributed by atoms with van der Waals surface area (Å²) < 4.78 is 5.75. The van der Waals surface area contributed by atoms with Gasteiger partial charge >= 0.3 is 0 Å². The van der Waals surface area contributed by atoms with Gasteiger partial charge in [0.1, 0.15) is 11.5 Å². The van der Waals surface area contributed by atoms with Crippen molar-refractivity contribution in [3.8, 4) is 0 Å². The molecular formula is C14H25NOS. The van der Waals surface area contributed by atoms with E-state index in [1.54, 1.807) is 0 Å². The Kier molecular flexibility index (Phi) is 5.60. The first-order valence-electron chi connectivity index (χ1n) is 6.43. The van der Waals surface area contributed by atoms with Crippen LogP contribution in [0.5, 0.6) is 0 Å². The molecule has 0 saturated heterocycles. The number of thioether (sulfide) groups is 1. The Morgan fingerprint density at radius 1 is 1.29 bits per heavy atom. The Bertz CT molecular complexity index is 335. The first-order chi connectivity index (χ1) is 7.95. The molecule has 98 valence electrons. The lowest BCUT2D eigenvalue weighted by Gasteiger charge is -2.25. The highest BCUT2D eigenvalue weighted by molar-refractivity contribution is 8.00. The van der Waals surface area contributed by atoms with E-state index in [4.69, 9.17) is 10.2 Å². The average Bonchev–Trinajstić information content (AvgIpc) is 2.70. The Labute approximate surface area is 109 Å². The third-order valence-electron chi connectivity index (χ3n) is 3.20. The van der Waals surface area contributed by atoms with Crippen LogP contribution >= 0.6 is 11.8 Å². The van der Waals surface area contributed by atoms with Gasteiger partial charge in [0.05, 0.1) is 5.25 Å². The molecule has 1 heterocycles. The zero-order chi connectivity index (χ0) is 13.0. The quantitative estimate of drug-likeness (QED) is 0.830. The Balaban J connectivity index is 2.81. The molecule has 0 aromatic carbocycles. The highest BCUT2D eigenvalue weighted by Gasteiger charge is 2.25. The van der Waals surface area contributed by atoms with E-state index < -0.39 is 0 Å². The topological polar surface area (TPSA) is 39.2 Å². The molecule has 3 heteroatoms. The van der Waals surface area contributed by atoms with Crippen LogP contribution in [0.4, 0.5) is 0 Å². The summed E-state index contributed by atoms with van der Waals surface area (Å²) in [6.45, 7) is 10.9. The number of hydrogen-bond acceptors (Lipinski definition) is 3. The van der Waals surface area contributed by atoms with Crippen molar-refractivity contribution in [1.29, 1.82) is 0 Å². The summed E-state index contributed by atoms with van der Waals surface area (Å²) in [5.74, 6) is 2.64. The molecule has 1 rings (SSSR count). The van der Waals surface area contributed by atoms with Crippen molar-refractivity contribution in [2.45, 2.75) is 57.6 Å². The maximum Gasteiger partial charge on any atom is 0.118 e. The third-order valence-corrected chi connectivity index (χ3v) is 5.05. The molecular weight excluding hydrogens is 230 g/mol. The Morgan fingerprint density at radius 3 is 2.35 bits per heavy atom. The lowest BCUT2D eigenvalue weighted by atomic mass is 10.1. The van der Waals surface area contributed by atoms with Gasteiger partial charge in [-0.2, -0.15) is 0 Å². The number of hydrogen-bond donors (Lipinski definition) is 1. The van der Waals surface area contributed by atoms with Crippen LogP contribution < -0.4 is 5.73 Å². The molecule has 0 fully saturated rings.